The van der Waals surface area contributed by atoms with Crippen LogP contribution in [0.2, 0.25) is 0 Å². The number of hydrogen-bond acceptors (Lipinski definition) is 4. The Hall–Kier alpha value is -2.30. The molecule has 0 aliphatic carbocycles. The largest absolute Gasteiger partial charge is 0.497 e. The van der Waals surface area contributed by atoms with Crippen LogP contribution in [0.3, 0.4) is 0 Å². The smallest absolute Gasteiger partial charge is 0.338 e. The number of hydrogen-bond donors (Lipinski definition) is 1. The zero-order valence-electron chi connectivity index (χ0n) is 9.47. The van der Waals surface area contributed by atoms with Gasteiger partial charge in [0.25, 0.3) is 0 Å². The maximum absolute atomic E-state index is 11.5. The Morgan fingerprint density at radius 2 is 2.00 bits per heavy atom. The number of methoxy groups -OCH3 is 2. The summed E-state index contributed by atoms with van der Waals surface area (Å²) >= 11 is 0. The molecule has 1 rings (SSSR count). The number of benzene rings is 1. The Morgan fingerprint density at radius 1 is 1.29 bits per heavy atom. The highest BCUT2D eigenvalue weighted by Crippen LogP contribution is 2.19. The predicted octanol–water partition coefficient (Wildman–Crippen LogP) is 1.58. The molecule has 0 saturated carbocycles. The molecule has 0 aromatic heterocycles. The Morgan fingerprint density at radius 3 is 2.53 bits per heavy atom. The van der Waals surface area contributed by atoms with Crippen LogP contribution in [-0.2, 0) is 9.53 Å². The average molecular weight is 236 g/mol. The van der Waals surface area contributed by atoms with Crippen molar-refractivity contribution in [1.29, 1.82) is 0 Å². The highest BCUT2D eigenvalue weighted by atomic mass is 16.5. The number of aliphatic carboxylic acids is 1. The van der Waals surface area contributed by atoms with Crippen LogP contribution in [0.15, 0.2) is 24.3 Å². The minimum absolute atomic E-state index is 0.254. The van der Waals surface area contributed by atoms with Gasteiger partial charge >= 0.3 is 11.9 Å². The predicted molar refractivity (Wildman–Crippen MR) is 61.0 cm³/mol. The Balaban J connectivity index is 3.19. The van der Waals surface area contributed by atoms with Gasteiger partial charge in [-0.2, -0.15) is 0 Å². The van der Waals surface area contributed by atoms with Gasteiger partial charge in [0.1, 0.15) is 5.75 Å². The zero-order chi connectivity index (χ0) is 12.8. The molecule has 1 aromatic carbocycles. The van der Waals surface area contributed by atoms with Crippen LogP contribution in [0.5, 0.6) is 5.75 Å². The van der Waals surface area contributed by atoms with Crippen molar-refractivity contribution in [3.05, 3.63) is 35.4 Å². The SMILES string of the molecule is COC(=O)c1cc(OC)ccc1/C=C/C(=O)O. The van der Waals surface area contributed by atoms with E-state index >= 15 is 0 Å². The minimum atomic E-state index is -1.09. The molecule has 0 radical (unpaired) electrons. The van der Waals surface area contributed by atoms with E-state index in [9.17, 15) is 9.59 Å². The lowest BCUT2D eigenvalue weighted by molar-refractivity contribution is -0.131. The molecule has 0 unspecified atom stereocenters. The summed E-state index contributed by atoms with van der Waals surface area (Å²) < 4.78 is 9.59. The van der Waals surface area contributed by atoms with E-state index in [4.69, 9.17) is 9.84 Å². The first-order valence-corrected chi connectivity index (χ1v) is 4.76. The van der Waals surface area contributed by atoms with Gasteiger partial charge in [0.2, 0.25) is 0 Å². The van der Waals surface area contributed by atoms with Crippen molar-refractivity contribution in [1.82, 2.24) is 0 Å². The molecular formula is C12H12O5. The van der Waals surface area contributed by atoms with E-state index in [0.29, 0.717) is 11.3 Å². The fraction of sp³-hybridized carbons (Fsp3) is 0.167. The first kappa shape index (κ1) is 12.8. The number of carbonyl (C=O) groups excluding carboxylic acids is 1. The molecule has 0 bridgehead atoms. The molecule has 0 heterocycles. The van der Waals surface area contributed by atoms with Crippen LogP contribution in [0.25, 0.3) is 6.08 Å². The van der Waals surface area contributed by atoms with Crippen molar-refractivity contribution in [2.45, 2.75) is 0 Å². The fourth-order valence-corrected chi connectivity index (χ4v) is 1.26. The molecule has 17 heavy (non-hydrogen) atoms. The molecular weight excluding hydrogens is 224 g/mol. The summed E-state index contributed by atoms with van der Waals surface area (Å²) in [5, 5.41) is 8.53. The van der Waals surface area contributed by atoms with E-state index in [2.05, 4.69) is 4.74 Å². The third kappa shape index (κ3) is 3.34. The third-order valence-corrected chi connectivity index (χ3v) is 2.07. The number of carboxylic acids is 1. The Bertz CT molecular complexity index is 462. The number of carbonyl (C=O) groups is 2. The van der Waals surface area contributed by atoms with Crippen LogP contribution in [0, 0.1) is 0 Å². The van der Waals surface area contributed by atoms with Crippen LogP contribution >= 0.6 is 0 Å². The van der Waals surface area contributed by atoms with E-state index in [1.165, 1.54) is 26.4 Å². The first-order chi connectivity index (χ1) is 8.08. The van der Waals surface area contributed by atoms with Crippen LogP contribution in [-0.4, -0.2) is 31.3 Å². The lowest BCUT2D eigenvalue weighted by Gasteiger charge is -2.06. The molecule has 1 aromatic rings. The summed E-state index contributed by atoms with van der Waals surface area (Å²) in [5.74, 6) is -1.14. The normalized spacial score (nSPS) is 10.2. The maximum atomic E-state index is 11.5. The van der Waals surface area contributed by atoms with E-state index < -0.39 is 11.9 Å². The molecule has 90 valence electrons. The van der Waals surface area contributed by atoms with Gasteiger partial charge in [-0.05, 0) is 23.8 Å². The topological polar surface area (TPSA) is 72.8 Å². The third-order valence-electron chi connectivity index (χ3n) is 2.07. The maximum Gasteiger partial charge on any atom is 0.338 e. The molecule has 0 aliphatic rings. The summed E-state index contributed by atoms with van der Waals surface area (Å²) in [6, 6.07) is 4.71. The van der Waals surface area contributed by atoms with Gasteiger partial charge in [-0.3, -0.25) is 0 Å². The van der Waals surface area contributed by atoms with Crippen LogP contribution < -0.4 is 4.74 Å². The van der Waals surface area contributed by atoms with Crippen molar-refractivity contribution in [2.75, 3.05) is 14.2 Å². The number of carboxylic acid groups (broad SMARTS) is 1. The number of ether oxygens (including phenoxy) is 2. The highest BCUT2D eigenvalue weighted by Gasteiger charge is 2.11. The standard InChI is InChI=1S/C12H12O5/c1-16-9-5-3-8(4-6-11(13)14)10(7-9)12(15)17-2/h3-7H,1-2H3,(H,13,14)/b6-4+. The van der Waals surface area contributed by atoms with Crippen molar-refractivity contribution in [3.63, 3.8) is 0 Å². The average Bonchev–Trinajstić information content (AvgIpc) is 2.35. The van der Waals surface area contributed by atoms with Gasteiger partial charge in [-0.15, -0.1) is 0 Å². The Kier molecular flexibility index (Phi) is 4.28. The van der Waals surface area contributed by atoms with E-state index in [1.807, 2.05) is 0 Å². The fourth-order valence-electron chi connectivity index (χ4n) is 1.26. The van der Waals surface area contributed by atoms with Gasteiger partial charge in [-0.1, -0.05) is 6.07 Å². The van der Waals surface area contributed by atoms with Gasteiger partial charge < -0.3 is 14.6 Å². The molecule has 0 fully saturated rings. The lowest BCUT2D eigenvalue weighted by atomic mass is 10.1. The monoisotopic (exact) mass is 236 g/mol. The van der Waals surface area contributed by atoms with Gasteiger partial charge in [-0.25, -0.2) is 9.59 Å². The molecule has 1 N–H and O–H groups in total. The van der Waals surface area contributed by atoms with Gasteiger partial charge in [0, 0.05) is 6.08 Å². The number of rotatable bonds is 4. The first-order valence-electron chi connectivity index (χ1n) is 4.76. The van der Waals surface area contributed by atoms with Gasteiger partial charge in [0.05, 0.1) is 19.8 Å². The molecule has 0 aliphatic heterocycles. The second-order valence-corrected chi connectivity index (χ2v) is 3.12. The van der Waals surface area contributed by atoms with Crippen LogP contribution in [0.4, 0.5) is 0 Å². The molecule has 0 amide bonds. The van der Waals surface area contributed by atoms with Crippen molar-refractivity contribution in [3.8, 4) is 5.75 Å². The quantitative estimate of drug-likeness (QED) is 0.634. The van der Waals surface area contributed by atoms with Crippen molar-refractivity contribution in [2.24, 2.45) is 0 Å². The summed E-state index contributed by atoms with van der Waals surface area (Å²) in [7, 11) is 2.73. The zero-order valence-corrected chi connectivity index (χ0v) is 9.47. The summed E-state index contributed by atoms with van der Waals surface area (Å²) in [6.07, 6.45) is 2.28. The minimum Gasteiger partial charge on any atom is -0.497 e. The highest BCUT2D eigenvalue weighted by molar-refractivity contribution is 5.96. The summed E-state index contributed by atoms with van der Waals surface area (Å²) in [5.41, 5.74) is 0.712. The molecule has 0 spiro atoms. The molecule has 5 heteroatoms. The lowest BCUT2D eigenvalue weighted by Crippen LogP contribution is -2.04. The second kappa shape index (κ2) is 5.69. The Labute approximate surface area is 98.3 Å². The van der Waals surface area contributed by atoms with Crippen molar-refractivity contribution >= 4 is 18.0 Å². The van der Waals surface area contributed by atoms with E-state index in [1.54, 1.807) is 12.1 Å². The number of esters is 1. The van der Waals surface area contributed by atoms with E-state index in [-0.39, 0.29) is 5.56 Å². The van der Waals surface area contributed by atoms with Crippen LogP contribution in [0.1, 0.15) is 15.9 Å². The molecule has 0 atom stereocenters. The van der Waals surface area contributed by atoms with Gasteiger partial charge in [0.15, 0.2) is 0 Å². The van der Waals surface area contributed by atoms with E-state index in [0.717, 1.165) is 6.08 Å². The molecule has 5 nitrogen and oxygen atoms in total. The summed E-state index contributed by atoms with van der Waals surface area (Å²) in [4.78, 5) is 21.9. The molecule has 0 saturated heterocycles. The second-order valence-electron chi connectivity index (χ2n) is 3.12. The summed E-state index contributed by atoms with van der Waals surface area (Å²) in [6.45, 7) is 0. The van der Waals surface area contributed by atoms with Crippen molar-refractivity contribution < 1.29 is 24.2 Å².